The molecule has 1 aromatic heterocycles. The van der Waals surface area contributed by atoms with Gasteiger partial charge < -0.3 is 20.3 Å². The molecule has 3 rings (SSSR count). The zero-order chi connectivity index (χ0) is 22.9. The molecule has 0 bridgehead atoms. The lowest BCUT2D eigenvalue weighted by Crippen LogP contribution is -2.48. The zero-order valence-corrected chi connectivity index (χ0v) is 18.6. The number of anilines is 2. The van der Waals surface area contributed by atoms with Crippen LogP contribution in [0.15, 0.2) is 36.5 Å². The van der Waals surface area contributed by atoms with Crippen LogP contribution in [0, 0.1) is 5.82 Å². The first-order chi connectivity index (χ1) is 15.5. The number of carbonyl (C=O) groups excluding carboxylic acids is 2. The molecule has 0 unspecified atom stereocenters. The molecule has 0 aliphatic carbocycles. The predicted octanol–water partition coefficient (Wildman–Crippen LogP) is 3.74. The molecule has 3 amide bonds. The number of benzene rings is 1. The number of hydrogen-bond acceptors (Lipinski definition) is 5. The second kappa shape index (κ2) is 11.4. The van der Waals surface area contributed by atoms with Gasteiger partial charge in [0, 0.05) is 31.9 Å². The maximum absolute atomic E-state index is 14.9. The predicted molar refractivity (Wildman–Crippen MR) is 121 cm³/mol. The number of urea groups is 1. The molecule has 0 radical (unpaired) electrons. The van der Waals surface area contributed by atoms with Crippen LogP contribution in [-0.4, -0.2) is 66.7 Å². The van der Waals surface area contributed by atoms with Crippen LogP contribution in [0.25, 0.3) is 0 Å². The number of amides is 3. The molecule has 2 aromatic rings. The van der Waals surface area contributed by atoms with Gasteiger partial charge in [0.25, 0.3) is 0 Å². The molecule has 172 valence electrons. The number of pyridine rings is 1. The fourth-order valence-electron chi connectivity index (χ4n) is 3.64. The summed E-state index contributed by atoms with van der Waals surface area (Å²) in [4.78, 5) is 32.0. The molecule has 1 aliphatic heterocycles. The highest BCUT2D eigenvalue weighted by Crippen LogP contribution is 2.20. The molecule has 2 N–H and O–H groups in total. The Morgan fingerprint density at radius 3 is 2.56 bits per heavy atom. The van der Waals surface area contributed by atoms with Crippen LogP contribution in [0.2, 0.25) is 0 Å². The number of ether oxygens (including phenoxy) is 1. The van der Waals surface area contributed by atoms with Crippen molar-refractivity contribution in [1.29, 1.82) is 0 Å². The number of halogens is 1. The minimum absolute atomic E-state index is 0.143. The van der Waals surface area contributed by atoms with E-state index in [1.165, 1.54) is 7.11 Å². The Bertz CT molecular complexity index is 914. The number of nitrogens with zero attached hydrogens (tertiary/aromatic N) is 3. The van der Waals surface area contributed by atoms with Crippen molar-refractivity contribution in [1.82, 2.24) is 14.8 Å². The first-order valence-electron chi connectivity index (χ1n) is 10.9. The summed E-state index contributed by atoms with van der Waals surface area (Å²) in [6.07, 6.45) is 3.43. The molecule has 9 heteroatoms. The lowest BCUT2D eigenvalue weighted by molar-refractivity contribution is 0.0907. The van der Waals surface area contributed by atoms with E-state index in [1.807, 2.05) is 13.0 Å². The summed E-state index contributed by atoms with van der Waals surface area (Å²) in [5.74, 6) is -0.419. The second-order valence-corrected chi connectivity index (χ2v) is 7.65. The lowest BCUT2D eigenvalue weighted by atomic mass is 10.1. The Morgan fingerprint density at radius 2 is 1.91 bits per heavy atom. The van der Waals surface area contributed by atoms with E-state index in [-0.39, 0.29) is 11.8 Å². The van der Waals surface area contributed by atoms with Crippen molar-refractivity contribution >= 4 is 23.5 Å². The first kappa shape index (κ1) is 23.5. The third kappa shape index (κ3) is 6.40. The van der Waals surface area contributed by atoms with Gasteiger partial charge in [-0.15, -0.1) is 0 Å². The summed E-state index contributed by atoms with van der Waals surface area (Å²) in [7, 11) is 1.39. The normalized spacial score (nSPS) is 14.2. The molecule has 1 aliphatic rings. The van der Waals surface area contributed by atoms with Crippen LogP contribution in [0.3, 0.4) is 0 Å². The molecule has 0 atom stereocenters. The van der Waals surface area contributed by atoms with E-state index >= 15 is 0 Å². The van der Waals surface area contributed by atoms with E-state index in [2.05, 4.69) is 20.5 Å². The molecule has 0 saturated carbocycles. The van der Waals surface area contributed by atoms with Gasteiger partial charge in [-0.05, 0) is 49.6 Å². The number of rotatable bonds is 7. The van der Waals surface area contributed by atoms with Gasteiger partial charge in [-0.2, -0.15) is 0 Å². The maximum Gasteiger partial charge on any atom is 0.409 e. The van der Waals surface area contributed by atoms with Crippen molar-refractivity contribution in [2.75, 3.05) is 50.5 Å². The summed E-state index contributed by atoms with van der Waals surface area (Å²) in [6, 6.07) is 8.11. The van der Waals surface area contributed by atoms with Crippen molar-refractivity contribution in [2.45, 2.75) is 26.2 Å². The molecule has 0 spiro atoms. The molecular weight excluding hydrogens is 413 g/mol. The van der Waals surface area contributed by atoms with Crippen LogP contribution in [0.5, 0.6) is 0 Å². The molecule has 32 heavy (non-hydrogen) atoms. The lowest BCUT2D eigenvalue weighted by Gasteiger charge is -2.33. The minimum atomic E-state index is -0.518. The van der Waals surface area contributed by atoms with Crippen LogP contribution >= 0.6 is 0 Å². The number of methoxy groups -OCH3 is 1. The van der Waals surface area contributed by atoms with Crippen molar-refractivity contribution in [3.63, 3.8) is 0 Å². The fourth-order valence-corrected chi connectivity index (χ4v) is 3.64. The smallest absolute Gasteiger partial charge is 0.409 e. The summed E-state index contributed by atoms with van der Waals surface area (Å²) >= 11 is 0. The second-order valence-electron chi connectivity index (χ2n) is 7.65. The average molecular weight is 444 g/mol. The average Bonchev–Trinajstić information content (AvgIpc) is 2.82. The summed E-state index contributed by atoms with van der Waals surface area (Å²) < 4.78 is 19.6. The van der Waals surface area contributed by atoms with E-state index < -0.39 is 11.8 Å². The van der Waals surface area contributed by atoms with E-state index in [1.54, 1.807) is 35.4 Å². The number of carbonyl (C=O) groups is 2. The number of aryl methyl sites for hydroxylation is 2. The standard InChI is InChI=1S/C23H30FN5O3/c1-3-18-9-10-19(16-25-18)26-22(30)27-20-8-4-6-17(21(20)24)7-5-11-28-12-14-29(15-13-28)23(31)32-2/h4,6,8-10,16H,3,5,7,11-15H2,1-2H3,(H2,26,27,30). The van der Waals surface area contributed by atoms with Crippen molar-refractivity contribution in [3.8, 4) is 0 Å². The topological polar surface area (TPSA) is 86.8 Å². The molecule has 1 aromatic carbocycles. The highest BCUT2D eigenvalue weighted by Gasteiger charge is 2.21. The maximum atomic E-state index is 14.9. The van der Waals surface area contributed by atoms with Gasteiger partial charge in [0.1, 0.15) is 5.82 Å². The van der Waals surface area contributed by atoms with Crippen LogP contribution < -0.4 is 10.6 Å². The van der Waals surface area contributed by atoms with E-state index in [9.17, 15) is 14.0 Å². The van der Waals surface area contributed by atoms with E-state index in [0.29, 0.717) is 30.8 Å². The van der Waals surface area contributed by atoms with Gasteiger partial charge >= 0.3 is 12.1 Å². The van der Waals surface area contributed by atoms with Gasteiger partial charge in [-0.1, -0.05) is 19.1 Å². The summed E-state index contributed by atoms with van der Waals surface area (Å²) in [5, 5.41) is 5.24. The third-order valence-electron chi connectivity index (χ3n) is 5.50. The van der Waals surface area contributed by atoms with Crippen molar-refractivity contribution in [3.05, 3.63) is 53.6 Å². The first-order valence-corrected chi connectivity index (χ1v) is 10.9. The Hall–Kier alpha value is -3.20. The van der Waals surface area contributed by atoms with Gasteiger partial charge in [0.05, 0.1) is 24.7 Å². The Balaban J connectivity index is 1.47. The highest BCUT2D eigenvalue weighted by molar-refractivity contribution is 5.99. The van der Waals surface area contributed by atoms with Gasteiger partial charge in [-0.3, -0.25) is 9.88 Å². The van der Waals surface area contributed by atoms with E-state index in [4.69, 9.17) is 4.74 Å². The van der Waals surface area contributed by atoms with Crippen LogP contribution in [0.1, 0.15) is 24.6 Å². The summed E-state index contributed by atoms with van der Waals surface area (Å²) in [5.41, 5.74) is 2.18. The number of piperazine rings is 1. The van der Waals surface area contributed by atoms with Crippen molar-refractivity contribution in [2.24, 2.45) is 0 Å². The molecule has 2 heterocycles. The third-order valence-corrected chi connectivity index (χ3v) is 5.50. The van der Waals surface area contributed by atoms with Gasteiger partial charge in [-0.25, -0.2) is 14.0 Å². The fraction of sp³-hybridized carbons (Fsp3) is 0.435. The zero-order valence-electron chi connectivity index (χ0n) is 18.6. The molecule has 1 saturated heterocycles. The highest BCUT2D eigenvalue weighted by atomic mass is 19.1. The monoisotopic (exact) mass is 443 g/mol. The van der Waals surface area contributed by atoms with Crippen LogP contribution in [0.4, 0.5) is 25.4 Å². The van der Waals surface area contributed by atoms with Gasteiger partial charge in [0.15, 0.2) is 0 Å². The molecular formula is C23H30FN5O3. The Labute approximate surface area is 187 Å². The minimum Gasteiger partial charge on any atom is -0.453 e. The largest absolute Gasteiger partial charge is 0.453 e. The molecule has 8 nitrogen and oxygen atoms in total. The number of aromatic nitrogens is 1. The van der Waals surface area contributed by atoms with E-state index in [0.717, 1.165) is 38.2 Å². The number of nitrogens with one attached hydrogen (secondary N) is 2. The number of hydrogen-bond donors (Lipinski definition) is 2. The summed E-state index contributed by atoms with van der Waals surface area (Å²) in [6.45, 7) is 5.62. The SMILES string of the molecule is CCc1ccc(NC(=O)Nc2cccc(CCCN3CCN(C(=O)OC)CC3)c2F)cn1. The quantitative estimate of drug-likeness (QED) is 0.681. The Kier molecular flexibility index (Phi) is 8.38. The van der Waals surface area contributed by atoms with Gasteiger partial charge in [0.2, 0.25) is 0 Å². The molecule has 1 fully saturated rings. The van der Waals surface area contributed by atoms with Crippen molar-refractivity contribution < 1.29 is 18.7 Å². The Morgan fingerprint density at radius 1 is 1.12 bits per heavy atom. The van der Waals surface area contributed by atoms with Crippen LogP contribution in [-0.2, 0) is 17.6 Å².